The largest absolute Gasteiger partial charge is 0.333 e. The predicted molar refractivity (Wildman–Crippen MR) is 86.5 cm³/mol. The van der Waals surface area contributed by atoms with Crippen molar-refractivity contribution in [3.63, 3.8) is 0 Å². The summed E-state index contributed by atoms with van der Waals surface area (Å²) in [5, 5.41) is 1.29. The molecule has 0 radical (unpaired) electrons. The Morgan fingerprint density at radius 3 is 1.69 bits per heavy atom. The van der Waals surface area contributed by atoms with Crippen molar-refractivity contribution in [2.24, 2.45) is 0 Å². The highest BCUT2D eigenvalue weighted by atomic mass is 16.7. The number of unbranched alkanes of at least 4 members (excludes halogenated alkanes) is 1. The number of hydroxylamine groups is 4. The molecule has 0 saturated carbocycles. The molecule has 0 atom stereocenters. The molecule has 0 bridgehead atoms. The van der Waals surface area contributed by atoms with Crippen molar-refractivity contribution in [2.45, 2.75) is 58.8 Å². The molecule has 2 fully saturated rings. The van der Waals surface area contributed by atoms with E-state index in [1.54, 1.807) is 0 Å². The minimum Gasteiger partial charge on any atom is -0.330 e. The SMILES string of the molecule is CC.CON1C(=O)CCC1=O.O=CCCCC(=O)ON1C(=O)CCC1=O. The van der Waals surface area contributed by atoms with Crippen LogP contribution in [0, 0.1) is 0 Å². The molecule has 2 aliphatic heterocycles. The number of carbonyl (C=O) groups excluding carboxylic acids is 6. The number of carbonyl (C=O) groups is 6. The molecule has 0 aromatic rings. The maximum Gasteiger partial charge on any atom is 0.333 e. The molecule has 2 heterocycles. The number of aldehydes is 1. The highest BCUT2D eigenvalue weighted by molar-refractivity contribution is 6.01. The van der Waals surface area contributed by atoms with Crippen LogP contribution >= 0.6 is 0 Å². The second-order valence-electron chi connectivity index (χ2n) is 4.87. The van der Waals surface area contributed by atoms with Crippen molar-refractivity contribution in [1.82, 2.24) is 10.1 Å². The van der Waals surface area contributed by atoms with Crippen molar-refractivity contribution in [1.29, 1.82) is 0 Å². The van der Waals surface area contributed by atoms with Crippen LogP contribution in [0.1, 0.15) is 58.8 Å². The van der Waals surface area contributed by atoms with E-state index in [4.69, 9.17) is 0 Å². The fourth-order valence-corrected chi connectivity index (χ4v) is 1.89. The van der Waals surface area contributed by atoms with Crippen molar-refractivity contribution < 1.29 is 38.4 Å². The van der Waals surface area contributed by atoms with Gasteiger partial charge in [-0.25, -0.2) is 4.79 Å². The highest BCUT2D eigenvalue weighted by Crippen LogP contribution is 2.13. The minimum atomic E-state index is -0.666. The number of hydrogen-bond acceptors (Lipinski definition) is 8. The summed E-state index contributed by atoms with van der Waals surface area (Å²) in [6, 6.07) is 0. The third-order valence-electron chi connectivity index (χ3n) is 3.09. The molecule has 0 unspecified atom stereocenters. The lowest BCUT2D eigenvalue weighted by atomic mass is 10.2. The Labute approximate surface area is 151 Å². The molecule has 0 N–H and O–H groups in total. The van der Waals surface area contributed by atoms with E-state index in [0.717, 1.165) is 5.06 Å². The third-order valence-corrected chi connectivity index (χ3v) is 3.09. The maximum atomic E-state index is 11.1. The molecule has 146 valence electrons. The first-order chi connectivity index (χ1) is 12.4. The van der Waals surface area contributed by atoms with E-state index in [1.807, 2.05) is 13.8 Å². The number of nitrogens with zero attached hydrogens (tertiary/aromatic N) is 2. The monoisotopic (exact) mass is 372 g/mol. The van der Waals surface area contributed by atoms with Crippen LogP contribution < -0.4 is 0 Å². The Morgan fingerprint density at radius 1 is 0.923 bits per heavy atom. The van der Waals surface area contributed by atoms with Crippen LogP contribution in [-0.2, 0) is 38.4 Å². The first-order valence-corrected chi connectivity index (χ1v) is 8.30. The molecule has 2 aliphatic rings. The van der Waals surface area contributed by atoms with Crippen LogP contribution in [0.25, 0.3) is 0 Å². The minimum absolute atomic E-state index is 0.0236. The molecule has 10 heteroatoms. The quantitative estimate of drug-likeness (QED) is 0.378. The standard InChI is InChI=1S/C9H11NO5.C5H7NO3.C2H6/c11-6-2-1-3-9(14)15-10-7(12)4-5-8(10)13;1-9-6-4(7)2-3-5(6)8;1-2/h6H,1-5H2;2-3H2,1H3;1-2H3. The first kappa shape index (κ1) is 23.4. The van der Waals surface area contributed by atoms with Crippen LogP contribution in [0.2, 0.25) is 0 Å². The molecule has 4 amide bonds. The van der Waals surface area contributed by atoms with Gasteiger partial charge in [-0.05, 0) is 6.42 Å². The van der Waals surface area contributed by atoms with Crippen LogP contribution in [-0.4, -0.2) is 53.1 Å². The molecule has 2 saturated heterocycles. The fraction of sp³-hybridized carbons (Fsp3) is 0.625. The molecular weight excluding hydrogens is 348 g/mol. The van der Waals surface area contributed by atoms with E-state index < -0.39 is 17.8 Å². The summed E-state index contributed by atoms with van der Waals surface area (Å²) in [4.78, 5) is 73.3. The molecule has 0 spiro atoms. The van der Waals surface area contributed by atoms with Gasteiger partial charge in [0.1, 0.15) is 6.29 Å². The van der Waals surface area contributed by atoms with Crippen molar-refractivity contribution in [3.8, 4) is 0 Å². The summed E-state index contributed by atoms with van der Waals surface area (Å²) >= 11 is 0. The predicted octanol–water partition coefficient (Wildman–Crippen LogP) is 0.686. The lowest BCUT2D eigenvalue weighted by Gasteiger charge is -2.11. The van der Waals surface area contributed by atoms with Crippen molar-refractivity contribution in [3.05, 3.63) is 0 Å². The summed E-state index contributed by atoms with van der Waals surface area (Å²) in [6.45, 7) is 4.00. The van der Waals surface area contributed by atoms with E-state index in [2.05, 4.69) is 9.68 Å². The molecule has 0 aromatic heterocycles. The van der Waals surface area contributed by atoms with Gasteiger partial charge in [0.25, 0.3) is 23.6 Å². The van der Waals surface area contributed by atoms with Gasteiger partial charge in [-0.2, -0.15) is 5.06 Å². The summed E-state index contributed by atoms with van der Waals surface area (Å²) in [6.07, 6.45) is 2.07. The summed E-state index contributed by atoms with van der Waals surface area (Å²) in [7, 11) is 1.31. The molecule has 2 rings (SSSR count). The Kier molecular flexibility index (Phi) is 11.4. The molecular formula is C16H24N2O8. The van der Waals surface area contributed by atoms with Gasteiger partial charge >= 0.3 is 5.97 Å². The summed E-state index contributed by atoms with van der Waals surface area (Å²) < 4.78 is 0. The Morgan fingerprint density at radius 2 is 1.35 bits per heavy atom. The number of rotatable bonds is 6. The normalized spacial score (nSPS) is 16.0. The maximum absolute atomic E-state index is 11.1. The number of imide groups is 2. The van der Waals surface area contributed by atoms with Gasteiger partial charge in [-0.15, -0.1) is 5.06 Å². The Balaban J connectivity index is 0.000000484. The van der Waals surface area contributed by atoms with Gasteiger partial charge in [0.15, 0.2) is 0 Å². The zero-order valence-corrected chi connectivity index (χ0v) is 15.2. The van der Waals surface area contributed by atoms with E-state index in [1.165, 1.54) is 7.11 Å². The lowest BCUT2D eigenvalue weighted by Crippen LogP contribution is -2.31. The second kappa shape index (κ2) is 12.7. The fourth-order valence-electron chi connectivity index (χ4n) is 1.89. The smallest absolute Gasteiger partial charge is 0.330 e. The number of amides is 4. The van der Waals surface area contributed by atoms with Crippen molar-refractivity contribution in [2.75, 3.05) is 7.11 Å². The van der Waals surface area contributed by atoms with E-state index >= 15 is 0 Å². The Hall–Kier alpha value is -2.62. The third kappa shape index (κ3) is 7.51. The van der Waals surface area contributed by atoms with Crippen LogP contribution in [0.3, 0.4) is 0 Å². The van der Waals surface area contributed by atoms with Crippen LogP contribution in [0.5, 0.6) is 0 Å². The topological polar surface area (TPSA) is 127 Å². The zero-order chi connectivity index (χ0) is 20.1. The van der Waals surface area contributed by atoms with Gasteiger partial charge in [0.05, 0.1) is 7.11 Å². The van der Waals surface area contributed by atoms with Gasteiger partial charge in [0, 0.05) is 38.5 Å². The van der Waals surface area contributed by atoms with Crippen molar-refractivity contribution >= 4 is 35.9 Å². The molecule has 0 aromatic carbocycles. The van der Waals surface area contributed by atoms with Gasteiger partial charge < -0.3 is 9.63 Å². The average molecular weight is 372 g/mol. The van der Waals surface area contributed by atoms with E-state index in [9.17, 15) is 28.8 Å². The van der Waals surface area contributed by atoms with Crippen LogP contribution in [0.15, 0.2) is 0 Å². The molecule has 0 aliphatic carbocycles. The highest BCUT2D eigenvalue weighted by Gasteiger charge is 2.32. The summed E-state index contributed by atoms with van der Waals surface area (Å²) in [5.74, 6) is -2.15. The van der Waals surface area contributed by atoms with Crippen LogP contribution in [0.4, 0.5) is 0 Å². The van der Waals surface area contributed by atoms with E-state index in [0.29, 0.717) is 17.8 Å². The lowest BCUT2D eigenvalue weighted by molar-refractivity contribution is -0.197. The molecule has 10 nitrogen and oxygen atoms in total. The summed E-state index contributed by atoms with van der Waals surface area (Å²) in [5.41, 5.74) is 0. The van der Waals surface area contributed by atoms with Gasteiger partial charge in [-0.1, -0.05) is 13.8 Å². The molecule has 26 heavy (non-hydrogen) atoms. The second-order valence-corrected chi connectivity index (χ2v) is 4.87. The number of hydrogen-bond donors (Lipinski definition) is 0. The van der Waals surface area contributed by atoms with Gasteiger partial charge in [-0.3, -0.25) is 24.0 Å². The van der Waals surface area contributed by atoms with E-state index in [-0.39, 0.29) is 50.3 Å². The zero-order valence-electron chi connectivity index (χ0n) is 15.2. The first-order valence-electron chi connectivity index (χ1n) is 8.30. The van der Waals surface area contributed by atoms with Gasteiger partial charge in [0.2, 0.25) is 0 Å². The average Bonchev–Trinajstić information content (AvgIpc) is 3.13. The Bertz CT molecular complexity index is 514.